The molecule has 0 bridgehead atoms. The fraction of sp³-hybridized carbons (Fsp3) is 0.0667. The highest BCUT2D eigenvalue weighted by Gasteiger charge is 2.07. The van der Waals surface area contributed by atoms with Gasteiger partial charge >= 0.3 is 0 Å². The second-order valence-electron chi connectivity index (χ2n) is 4.86. The Morgan fingerprint density at radius 1 is 1.18 bits per heavy atom. The van der Waals surface area contributed by atoms with E-state index in [-0.39, 0.29) is 0 Å². The quantitative estimate of drug-likeness (QED) is 0.508. The summed E-state index contributed by atoms with van der Waals surface area (Å²) in [4.78, 5) is 8.64. The summed E-state index contributed by atoms with van der Waals surface area (Å²) in [7, 11) is 0. The molecule has 0 saturated carbocycles. The van der Waals surface area contributed by atoms with Crippen molar-refractivity contribution >= 4 is 23.0 Å². The van der Waals surface area contributed by atoms with E-state index in [1.807, 2.05) is 35.0 Å². The molecule has 6 nitrogen and oxygen atoms in total. The molecular weight excluding hydrogens is 300 g/mol. The number of hydrogen-bond acceptors (Lipinski definition) is 5. The van der Waals surface area contributed by atoms with Crippen molar-refractivity contribution < 1.29 is 0 Å². The zero-order valence-corrected chi connectivity index (χ0v) is 12.5. The number of pyridine rings is 1. The van der Waals surface area contributed by atoms with Crippen LogP contribution < -0.4 is 17.0 Å². The number of nitrogens with two attached hydrogens (primary N) is 2. The highest BCUT2D eigenvalue weighted by molar-refractivity contribution is 6.30. The molecule has 0 amide bonds. The van der Waals surface area contributed by atoms with Gasteiger partial charge in [-0.15, -0.1) is 0 Å². The molecule has 0 atom stereocenters. The lowest BCUT2D eigenvalue weighted by Gasteiger charge is -2.05. The molecule has 0 spiro atoms. The number of benzene rings is 1. The number of nitrogen functional groups attached to an aromatic ring is 2. The number of halogens is 1. The Bertz CT molecular complexity index is 798. The second-order valence-corrected chi connectivity index (χ2v) is 5.30. The second kappa shape index (κ2) is 6.05. The van der Waals surface area contributed by atoms with Gasteiger partial charge in [-0.1, -0.05) is 23.7 Å². The van der Waals surface area contributed by atoms with Gasteiger partial charge in [-0.25, -0.2) is 4.98 Å². The molecule has 0 aliphatic heterocycles. The maximum atomic E-state index is 5.99. The molecule has 5 N–H and O–H groups in total. The Balaban J connectivity index is 1.84. The van der Waals surface area contributed by atoms with Gasteiger partial charge in [0.2, 0.25) is 0 Å². The third-order valence-electron chi connectivity index (χ3n) is 3.24. The molecule has 0 fully saturated rings. The Hall–Kier alpha value is -2.57. The molecule has 0 radical (unpaired) electrons. The molecule has 7 heteroatoms. The maximum Gasteiger partial charge on any atom is 0.107 e. The van der Waals surface area contributed by atoms with Crippen LogP contribution in [0.1, 0.15) is 5.56 Å². The molecule has 22 heavy (non-hydrogen) atoms. The average Bonchev–Trinajstić information content (AvgIpc) is 2.96. The van der Waals surface area contributed by atoms with Crippen LogP contribution in [-0.4, -0.2) is 14.5 Å². The maximum absolute atomic E-state index is 5.99. The third kappa shape index (κ3) is 3.03. The number of aromatic nitrogens is 3. The topological polar surface area (TPSA) is 94.8 Å². The number of hydrogen-bond donors (Lipinski definition) is 3. The van der Waals surface area contributed by atoms with Crippen LogP contribution in [0.25, 0.3) is 11.4 Å². The first kappa shape index (κ1) is 14.4. The van der Waals surface area contributed by atoms with Crippen LogP contribution in [0.5, 0.6) is 0 Å². The van der Waals surface area contributed by atoms with Crippen molar-refractivity contribution in [2.24, 2.45) is 5.84 Å². The van der Waals surface area contributed by atoms with Crippen molar-refractivity contribution in [1.29, 1.82) is 0 Å². The lowest BCUT2D eigenvalue weighted by molar-refractivity contribution is 0.797. The predicted molar refractivity (Wildman–Crippen MR) is 88.2 cm³/mol. The number of anilines is 2. The van der Waals surface area contributed by atoms with Crippen LogP contribution in [0, 0.1) is 0 Å². The Morgan fingerprint density at radius 3 is 2.82 bits per heavy atom. The molecule has 0 saturated heterocycles. The zero-order chi connectivity index (χ0) is 15.5. The largest absolute Gasteiger partial charge is 0.396 e. The van der Waals surface area contributed by atoms with Crippen LogP contribution in [0.4, 0.5) is 11.4 Å². The summed E-state index contributed by atoms with van der Waals surface area (Å²) in [6, 6.07) is 9.49. The summed E-state index contributed by atoms with van der Waals surface area (Å²) in [5.41, 5.74) is 12.0. The van der Waals surface area contributed by atoms with Gasteiger partial charge in [0.05, 0.1) is 29.6 Å². The standard InChI is InChI=1S/C15H15ClN6/c16-11-3-1-2-10(4-11)7-22-8-15(20-9-22)14-5-13(21-18)12(17)6-19-14/h1-6,8-9H,7,17-18H2,(H,19,21). The minimum atomic E-state index is 0.490. The highest BCUT2D eigenvalue weighted by atomic mass is 35.5. The van der Waals surface area contributed by atoms with E-state index in [2.05, 4.69) is 15.4 Å². The van der Waals surface area contributed by atoms with E-state index in [9.17, 15) is 0 Å². The average molecular weight is 315 g/mol. The number of nitrogens with zero attached hydrogens (tertiary/aromatic N) is 3. The van der Waals surface area contributed by atoms with Crippen LogP contribution >= 0.6 is 11.6 Å². The van der Waals surface area contributed by atoms with E-state index in [0.717, 1.165) is 16.3 Å². The predicted octanol–water partition coefficient (Wildman–Crippen LogP) is 2.51. The summed E-state index contributed by atoms with van der Waals surface area (Å²) < 4.78 is 1.97. The van der Waals surface area contributed by atoms with E-state index in [0.29, 0.717) is 23.6 Å². The Labute approximate surface area is 132 Å². The van der Waals surface area contributed by atoms with E-state index in [1.54, 1.807) is 18.6 Å². The minimum Gasteiger partial charge on any atom is -0.396 e. The van der Waals surface area contributed by atoms with Crippen molar-refractivity contribution in [3.05, 3.63) is 59.6 Å². The lowest BCUT2D eigenvalue weighted by atomic mass is 10.2. The first-order valence-electron chi connectivity index (χ1n) is 6.64. The molecule has 0 unspecified atom stereocenters. The van der Waals surface area contributed by atoms with Gasteiger partial charge in [0.15, 0.2) is 0 Å². The third-order valence-corrected chi connectivity index (χ3v) is 3.48. The number of imidazole rings is 1. The molecule has 3 rings (SSSR count). The monoisotopic (exact) mass is 314 g/mol. The van der Waals surface area contributed by atoms with Crippen LogP contribution in [0.3, 0.4) is 0 Å². The molecular formula is C15H15ClN6. The summed E-state index contributed by atoms with van der Waals surface area (Å²) in [5.74, 6) is 5.42. The van der Waals surface area contributed by atoms with Gasteiger partial charge in [0.1, 0.15) is 5.69 Å². The first-order chi connectivity index (χ1) is 10.7. The molecule has 2 aromatic heterocycles. The van der Waals surface area contributed by atoms with Crippen LogP contribution in [-0.2, 0) is 6.54 Å². The van der Waals surface area contributed by atoms with Gasteiger partial charge in [-0.05, 0) is 23.8 Å². The van der Waals surface area contributed by atoms with Gasteiger partial charge in [0.25, 0.3) is 0 Å². The summed E-state index contributed by atoms with van der Waals surface area (Å²) in [6.45, 7) is 0.685. The fourth-order valence-electron chi connectivity index (χ4n) is 2.16. The Kier molecular flexibility index (Phi) is 3.95. The van der Waals surface area contributed by atoms with E-state index in [4.69, 9.17) is 23.2 Å². The minimum absolute atomic E-state index is 0.490. The summed E-state index contributed by atoms with van der Waals surface area (Å²) >= 11 is 5.99. The summed E-state index contributed by atoms with van der Waals surface area (Å²) in [5, 5.41) is 0.719. The first-order valence-corrected chi connectivity index (χ1v) is 7.02. The molecule has 3 aromatic rings. The van der Waals surface area contributed by atoms with E-state index in [1.165, 1.54) is 0 Å². The van der Waals surface area contributed by atoms with Gasteiger partial charge < -0.3 is 15.7 Å². The number of nitrogens with one attached hydrogen (secondary N) is 1. The van der Waals surface area contributed by atoms with Crippen LogP contribution in [0.2, 0.25) is 5.02 Å². The number of hydrazine groups is 1. The van der Waals surface area contributed by atoms with Gasteiger partial charge in [-0.2, -0.15) is 0 Å². The number of rotatable bonds is 4. The highest BCUT2D eigenvalue weighted by Crippen LogP contribution is 2.23. The summed E-state index contributed by atoms with van der Waals surface area (Å²) in [6.07, 6.45) is 5.23. The smallest absolute Gasteiger partial charge is 0.107 e. The van der Waals surface area contributed by atoms with Crippen molar-refractivity contribution in [3.63, 3.8) is 0 Å². The van der Waals surface area contributed by atoms with Crippen LogP contribution in [0.15, 0.2) is 49.1 Å². The Morgan fingerprint density at radius 2 is 2.05 bits per heavy atom. The SMILES string of the molecule is NNc1cc(-c2cn(Cc3cccc(Cl)c3)cn2)ncc1N. The zero-order valence-electron chi connectivity index (χ0n) is 11.7. The van der Waals surface area contributed by atoms with Gasteiger partial charge in [-0.3, -0.25) is 10.8 Å². The molecule has 2 heterocycles. The fourth-order valence-corrected chi connectivity index (χ4v) is 2.37. The van der Waals surface area contributed by atoms with E-state index < -0.39 is 0 Å². The van der Waals surface area contributed by atoms with Crippen molar-refractivity contribution in [2.45, 2.75) is 6.54 Å². The lowest BCUT2D eigenvalue weighted by Crippen LogP contribution is -2.09. The van der Waals surface area contributed by atoms with E-state index >= 15 is 0 Å². The molecule has 0 aliphatic carbocycles. The normalized spacial score (nSPS) is 10.6. The molecule has 1 aromatic carbocycles. The molecule has 112 valence electrons. The van der Waals surface area contributed by atoms with Crippen molar-refractivity contribution in [1.82, 2.24) is 14.5 Å². The van der Waals surface area contributed by atoms with Crippen molar-refractivity contribution in [2.75, 3.05) is 11.2 Å². The van der Waals surface area contributed by atoms with Crippen molar-refractivity contribution in [3.8, 4) is 11.4 Å². The molecule has 0 aliphatic rings. The van der Waals surface area contributed by atoms with Gasteiger partial charge in [0, 0.05) is 17.8 Å².